The van der Waals surface area contributed by atoms with Gasteiger partial charge in [-0.25, -0.2) is 14.5 Å². The smallest absolute Gasteiger partial charge is 0.339 e. The first-order valence-corrected chi connectivity index (χ1v) is 10.0. The molecule has 156 valence electrons. The molecule has 2 aromatic heterocycles. The summed E-state index contributed by atoms with van der Waals surface area (Å²) in [7, 11) is 0. The summed E-state index contributed by atoms with van der Waals surface area (Å²) in [6, 6.07) is 19.1. The average Bonchev–Trinajstić information content (AvgIpc) is 3.20. The molecule has 2 aromatic carbocycles. The van der Waals surface area contributed by atoms with Crippen LogP contribution >= 0.6 is 0 Å². The van der Waals surface area contributed by atoms with Crippen molar-refractivity contribution in [3.05, 3.63) is 89.4 Å². The molecule has 0 saturated heterocycles. The van der Waals surface area contributed by atoms with Gasteiger partial charge in [0.15, 0.2) is 0 Å². The minimum Gasteiger partial charge on any atom is -0.462 e. The van der Waals surface area contributed by atoms with E-state index in [1.54, 1.807) is 36.9 Å². The van der Waals surface area contributed by atoms with Gasteiger partial charge in [-0.05, 0) is 42.3 Å². The molecule has 0 aliphatic carbocycles. The van der Waals surface area contributed by atoms with Crippen LogP contribution in [-0.2, 0) is 11.3 Å². The summed E-state index contributed by atoms with van der Waals surface area (Å²) in [6.07, 6.45) is 1.64. The lowest BCUT2D eigenvalue weighted by atomic mass is 10.0. The number of aryl methyl sites for hydroxylation is 1. The number of benzene rings is 2. The summed E-state index contributed by atoms with van der Waals surface area (Å²) in [5.74, 6) is -0.266. The third kappa shape index (κ3) is 4.30. The van der Waals surface area contributed by atoms with Crippen LogP contribution in [0.4, 0.5) is 5.82 Å². The second-order valence-electron chi connectivity index (χ2n) is 7.02. The largest absolute Gasteiger partial charge is 0.462 e. The first-order chi connectivity index (χ1) is 15.1. The van der Waals surface area contributed by atoms with Crippen molar-refractivity contribution in [3.63, 3.8) is 0 Å². The van der Waals surface area contributed by atoms with Gasteiger partial charge in [0.05, 0.1) is 30.6 Å². The number of carbonyl (C=O) groups excluding carboxylic acids is 2. The zero-order chi connectivity index (χ0) is 21.8. The number of pyridine rings is 1. The predicted molar refractivity (Wildman–Crippen MR) is 118 cm³/mol. The van der Waals surface area contributed by atoms with E-state index >= 15 is 0 Å². The van der Waals surface area contributed by atoms with Crippen molar-refractivity contribution in [1.82, 2.24) is 14.8 Å². The lowest BCUT2D eigenvalue weighted by Gasteiger charge is -2.11. The molecule has 2 heterocycles. The van der Waals surface area contributed by atoms with Crippen LogP contribution < -0.4 is 5.32 Å². The second kappa shape index (κ2) is 8.79. The maximum absolute atomic E-state index is 12.8. The molecule has 0 atom stereocenters. The van der Waals surface area contributed by atoms with Gasteiger partial charge in [0.2, 0.25) is 0 Å². The summed E-state index contributed by atoms with van der Waals surface area (Å²) < 4.78 is 6.74. The summed E-state index contributed by atoms with van der Waals surface area (Å²) >= 11 is 0. The molecule has 0 aliphatic rings. The fourth-order valence-electron chi connectivity index (χ4n) is 3.45. The highest BCUT2D eigenvalue weighted by Crippen LogP contribution is 2.21. The number of nitrogens with zero attached hydrogens (tertiary/aromatic N) is 3. The monoisotopic (exact) mass is 414 g/mol. The van der Waals surface area contributed by atoms with Gasteiger partial charge in [0, 0.05) is 6.07 Å². The number of ether oxygens (including phenoxy) is 1. The van der Waals surface area contributed by atoms with Crippen LogP contribution in [0.3, 0.4) is 0 Å². The Hall–Kier alpha value is -4.00. The SMILES string of the molecule is CCOC(=O)c1ccc(C(=O)Nc2ccnn2Cc2cccc3ccccc23)nc1C. The van der Waals surface area contributed by atoms with Crippen LogP contribution in [0.2, 0.25) is 0 Å². The highest BCUT2D eigenvalue weighted by Gasteiger charge is 2.16. The Labute approximate surface area is 179 Å². The molecule has 0 spiro atoms. The van der Waals surface area contributed by atoms with Crippen molar-refractivity contribution >= 4 is 28.5 Å². The molecule has 0 saturated carbocycles. The number of carbonyl (C=O) groups is 2. The fourth-order valence-corrected chi connectivity index (χ4v) is 3.45. The van der Waals surface area contributed by atoms with Crippen molar-refractivity contribution in [2.75, 3.05) is 11.9 Å². The van der Waals surface area contributed by atoms with Crippen molar-refractivity contribution in [1.29, 1.82) is 0 Å². The summed E-state index contributed by atoms with van der Waals surface area (Å²) in [5.41, 5.74) is 2.10. The van der Waals surface area contributed by atoms with Crippen molar-refractivity contribution in [2.45, 2.75) is 20.4 Å². The molecule has 4 rings (SSSR count). The maximum Gasteiger partial charge on any atom is 0.339 e. The van der Waals surface area contributed by atoms with E-state index in [4.69, 9.17) is 4.74 Å². The Balaban J connectivity index is 1.54. The normalized spacial score (nSPS) is 10.8. The molecule has 4 aromatic rings. The Morgan fingerprint density at radius 1 is 1.03 bits per heavy atom. The first kappa shape index (κ1) is 20.3. The Kier molecular flexibility index (Phi) is 5.75. The zero-order valence-electron chi connectivity index (χ0n) is 17.3. The van der Waals surface area contributed by atoms with Crippen LogP contribution in [0.1, 0.15) is 39.0 Å². The molecule has 0 unspecified atom stereocenters. The number of esters is 1. The molecule has 0 aliphatic heterocycles. The Morgan fingerprint density at radius 2 is 1.84 bits per heavy atom. The number of anilines is 1. The number of fused-ring (bicyclic) bond motifs is 1. The highest BCUT2D eigenvalue weighted by atomic mass is 16.5. The summed E-state index contributed by atoms with van der Waals surface area (Å²) in [5, 5.41) is 9.51. The van der Waals surface area contributed by atoms with Gasteiger partial charge in [0.1, 0.15) is 11.5 Å². The average molecular weight is 414 g/mol. The van der Waals surface area contributed by atoms with Crippen molar-refractivity contribution in [2.24, 2.45) is 0 Å². The molecule has 1 amide bonds. The van der Waals surface area contributed by atoms with Crippen LogP contribution in [-0.4, -0.2) is 33.2 Å². The summed E-state index contributed by atoms with van der Waals surface area (Å²) in [6.45, 7) is 4.21. The molecule has 0 fully saturated rings. The van der Waals surface area contributed by atoms with Crippen molar-refractivity contribution in [3.8, 4) is 0 Å². The van der Waals surface area contributed by atoms with Crippen LogP contribution in [0.5, 0.6) is 0 Å². The topological polar surface area (TPSA) is 86.1 Å². The highest BCUT2D eigenvalue weighted by molar-refractivity contribution is 6.03. The number of hydrogen-bond donors (Lipinski definition) is 1. The maximum atomic E-state index is 12.8. The standard InChI is InChI=1S/C24H22N4O3/c1-3-31-24(30)19-11-12-21(26-16(19)2)23(29)27-22-13-14-25-28(22)15-18-9-6-8-17-7-4-5-10-20(17)18/h4-14H,3,15H2,1-2H3,(H,27,29). The number of aromatic nitrogens is 3. The predicted octanol–water partition coefficient (Wildman–Crippen LogP) is 4.22. The summed E-state index contributed by atoms with van der Waals surface area (Å²) in [4.78, 5) is 29.0. The van der Waals surface area contributed by atoms with Gasteiger partial charge >= 0.3 is 5.97 Å². The molecular formula is C24H22N4O3. The van der Waals surface area contributed by atoms with E-state index < -0.39 is 5.97 Å². The second-order valence-corrected chi connectivity index (χ2v) is 7.02. The van der Waals surface area contributed by atoms with Gasteiger partial charge in [0.25, 0.3) is 5.91 Å². The Bertz CT molecular complexity index is 1260. The Morgan fingerprint density at radius 3 is 2.65 bits per heavy atom. The molecule has 7 nitrogen and oxygen atoms in total. The van der Waals surface area contributed by atoms with E-state index in [-0.39, 0.29) is 18.2 Å². The number of rotatable bonds is 6. The van der Waals surface area contributed by atoms with Crippen LogP contribution in [0.15, 0.2) is 66.9 Å². The van der Waals surface area contributed by atoms with Crippen molar-refractivity contribution < 1.29 is 14.3 Å². The molecular weight excluding hydrogens is 392 g/mol. The van der Waals surface area contributed by atoms with E-state index in [1.165, 1.54) is 6.07 Å². The lowest BCUT2D eigenvalue weighted by Crippen LogP contribution is -2.18. The minimum atomic E-state index is -0.451. The van der Waals surface area contributed by atoms with E-state index in [1.807, 2.05) is 18.2 Å². The van der Waals surface area contributed by atoms with Gasteiger partial charge in [-0.15, -0.1) is 0 Å². The molecule has 0 radical (unpaired) electrons. The van der Waals surface area contributed by atoms with Crippen LogP contribution in [0, 0.1) is 6.92 Å². The van der Waals surface area contributed by atoms with E-state index in [0.717, 1.165) is 16.3 Å². The van der Waals surface area contributed by atoms with Gasteiger partial charge in [-0.2, -0.15) is 5.10 Å². The van der Waals surface area contributed by atoms with Crippen LogP contribution in [0.25, 0.3) is 10.8 Å². The van der Waals surface area contributed by atoms with Gasteiger partial charge in [-0.1, -0.05) is 42.5 Å². The first-order valence-electron chi connectivity index (χ1n) is 10.0. The van der Waals surface area contributed by atoms with E-state index in [2.05, 4.69) is 39.7 Å². The number of amides is 1. The molecule has 31 heavy (non-hydrogen) atoms. The number of nitrogens with one attached hydrogen (secondary N) is 1. The zero-order valence-corrected chi connectivity index (χ0v) is 17.3. The third-order valence-corrected chi connectivity index (χ3v) is 4.97. The van der Waals surface area contributed by atoms with E-state index in [0.29, 0.717) is 23.6 Å². The third-order valence-electron chi connectivity index (χ3n) is 4.97. The molecule has 1 N–H and O–H groups in total. The fraction of sp³-hybridized carbons (Fsp3) is 0.167. The quantitative estimate of drug-likeness (QED) is 0.478. The lowest BCUT2D eigenvalue weighted by molar-refractivity contribution is 0.0524. The molecule has 0 bridgehead atoms. The van der Waals surface area contributed by atoms with E-state index in [9.17, 15) is 9.59 Å². The minimum absolute atomic E-state index is 0.212. The number of hydrogen-bond acceptors (Lipinski definition) is 5. The molecule has 7 heteroatoms. The van der Waals surface area contributed by atoms with Gasteiger partial charge in [-0.3, -0.25) is 4.79 Å². The van der Waals surface area contributed by atoms with Gasteiger partial charge < -0.3 is 10.1 Å².